The Morgan fingerprint density at radius 2 is 1.62 bits per heavy atom. The van der Waals surface area contributed by atoms with E-state index in [1.165, 1.54) is 18.2 Å². The van der Waals surface area contributed by atoms with Crippen molar-refractivity contribution in [1.82, 2.24) is 5.32 Å². The highest BCUT2D eigenvalue weighted by Crippen LogP contribution is 2.36. The third-order valence-electron chi connectivity index (χ3n) is 7.01. The maximum atomic E-state index is 13.9. The van der Waals surface area contributed by atoms with Gasteiger partial charge in [0.25, 0.3) is 0 Å². The number of piperidine rings is 1. The van der Waals surface area contributed by atoms with E-state index in [1.807, 2.05) is 18.2 Å². The second-order valence-electron chi connectivity index (χ2n) is 9.76. The molecule has 0 aromatic heterocycles. The normalized spacial score (nSPS) is 15.1. The Morgan fingerprint density at radius 1 is 0.949 bits per heavy atom. The number of rotatable bonds is 9. The van der Waals surface area contributed by atoms with E-state index in [-0.39, 0.29) is 34.3 Å². The first-order valence-electron chi connectivity index (χ1n) is 12.6. The molecule has 1 aliphatic heterocycles. The molecule has 0 amide bonds. The van der Waals surface area contributed by atoms with Crippen molar-refractivity contribution in [3.63, 3.8) is 0 Å². The molecule has 9 heteroatoms. The summed E-state index contributed by atoms with van der Waals surface area (Å²) in [7, 11) is 1.16. The van der Waals surface area contributed by atoms with Crippen LogP contribution in [0.5, 0.6) is 0 Å². The van der Waals surface area contributed by atoms with E-state index in [1.54, 1.807) is 6.07 Å². The van der Waals surface area contributed by atoms with Crippen molar-refractivity contribution in [3.05, 3.63) is 94.5 Å². The Morgan fingerprint density at radius 3 is 2.26 bits per heavy atom. The van der Waals surface area contributed by atoms with Gasteiger partial charge in [0.05, 0.1) is 31.5 Å². The van der Waals surface area contributed by atoms with Gasteiger partial charge < -0.3 is 24.7 Å². The van der Waals surface area contributed by atoms with Crippen molar-refractivity contribution < 1.29 is 37.3 Å². The van der Waals surface area contributed by atoms with E-state index >= 15 is 0 Å². The largest absolute Gasteiger partial charge is 0.550 e. The maximum absolute atomic E-state index is 13.9. The van der Waals surface area contributed by atoms with E-state index in [4.69, 9.17) is 9.47 Å². The number of carbonyl (C=O) groups excluding carboxylic acids is 2. The van der Waals surface area contributed by atoms with Crippen molar-refractivity contribution in [1.29, 1.82) is 0 Å². The number of hydrogen-bond acceptors (Lipinski definition) is 6. The van der Waals surface area contributed by atoms with Crippen LogP contribution in [0.25, 0.3) is 11.1 Å². The first-order valence-corrected chi connectivity index (χ1v) is 12.6. The lowest BCUT2D eigenvalue weighted by Crippen LogP contribution is -2.43. The van der Waals surface area contributed by atoms with Gasteiger partial charge in [-0.1, -0.05) is 36.4 Å². The number of benzene rings is 3. The number of carbonyl (C=O) groups is 2. The number of halogens is 3. The van der Waals surface area contributed by atoms with Crippen LogP contribution in [0, 0.1) is 0 Å². The quantitative estimate of drug-likeness (QED) is 0.408. The Hall–Kier alpha value is -3.69. The Bertz CT molecular complexity index is 1320. The lowest BCUT2D eigenvalue weighted by molar-refractivity contribution is -0.304. The first kappa shape index (κ1) is 28.3. The lowest BCUT2D eigenvalue weighted by atomic mass is 9.74. The number of ether oxygens (including phenoxy) is 2. The zero-order valence-corrected chi connectivity index (χ0v) is 21.5. The molecule has 1 N–H and O–H groups in total. The molecule has 39 heavy (non-hydrogen) atoms. The molecule has 3 aromatic carbocycles. The average Bonchev–Trinajstić information content (AvgIpc) is 2.92. The van der Waals surface area contributed by atoms with Gasteiger partial charge in [-0.05, 0) is 84.1 Å². The highest BCUT2D eigenvalue weighted by molar-refractivity contribution is 5.91. The summed E-state index contributed by atoms with van der Waals surface area (Å²) in [5, 5.41) is 14.5. The predicted molar refractivity (Wildman–Crippen MR) is 137 cm³/mol. The molecule has 1 fully saturated rings. The van der Waals surface area contributed by atoms with Crippen LogP contribution in [0.2, 0.25) is 0 Å². The molecule has 1 aliphatic rings. The molecule has 1 saturated heterocycles. The van der Waals surface area contributed by atoms with Gasteiger partial charge >= 0.3 is 12.1 Å². The first-order chi connectivity index (χ1) is 18.6. The molecule has 1 heterocycles. The topological polar surface area (TPSA) is 87.7 Å². The molecular formula is C30H29F3NO5-. The van der Waals surface area contributed by atoms with Crippen LogP contribution in [0.1, 0.15) is 45.5 Å². The molecule has 0 atom stereocenters. The molecule has 0 radical (unpaired) electrons. The van der Waals surface area contributed by atoms with Crippen LogP contribution in [-0.2, 0) is 38.9 Å². The fourth-order valence-corrected chi connectivity index (χ4v) is 5.05. The molecule has 0 aliphatic carbocycles. The van der Waals surface area contributed by atoms with Gasteiger partial charge in [0.2, 0.25) is 0 Å². The van der Waals surface area contributed by atoms with Crippen LogP contribution in [0.3, 0.4) is 0 Å². The Balaban J connectivity index is 1.66. The minimum Gasteiger partial charge on any atom is -0.550 e. The van der Waals surface area contributed by atoms with E-state index in [0.717, 1.165) is 50.7 Å². The molecule has 206 valence electrons. The van der Waals surface area contributed by atoms with Crippen molar-refractivity contribution in [2.45, 2.75) is 37.5 Å². The summed E-state index contributed by atoms with van der Waals surface area (Å²) in [6.45, 7) is 1.92. The molecular weight excluding hydrogens is 511 g/mol. The summed E-state index contributed by atoms with van der Waals surface area (Å²) in [4.78, 5) is 23.4. The average molecular weight is 541 g/mol. The number of methoxy groups -OCH3 is 1. The molecule has 0 unspecified atom stereocenters. The molecule has 0 bridgehead atoms. The summed E-state index contributed by atoms with van der Waals surface area (Å²) in [5.74, 6) is -2.12. The highest BCUT2D eigenvalue weighted by Gasteiger charge is 2.35. The summed E-state index contributed by atoms with van der Waals surface area (Å²) in [5.41, 5.74) is 0.984. The Labute approximate surface area is 224 Å². The number of aliphatic carboxylic acids is 1. The summed E-state index contributed by atoms with van der Waals surface area (Å²) >= 11 is 0. The maximum Gasteiger partial charge on any atom is 0.416 e. The van der Waals surface area contributed by atoms with Gasteiger partial charge in [0.1, 0.15) is 0 Å². The standard InChI is InChI=1S/C30H30F3NO5/c1-38-28(37)24-12-20(15-27(35)36)11-22(16-24)23-13-21(14-26(17-23)30(31,32)33)18-39-19-29(7-9-34-10-8-29)25-5-3-2-4-6-25/h2-6,11-14,16-17,34H,7-10,15,18-19H2,1H3,(H,35,36)/p-1. The number of nitrogens with one attached hydrogen (secondary N) is 1. The smallest absolute Gasteiger partial charge is 0.416 e. The fourth-order valence-electron chi connectivity index (χ4n) is 5.05. The van der Waals surface area contributed by atoms with Crippen LogP contribution < -0.4 is 10.4 Å². The summed E-state index contributed by atoms with van der Waals surface area (Å²) in [6.07, 6.45) is -3.46. The van der Waals surface area contributed by atoms with Crippen molar-refractivity contribution in [2.75, 3.05) is 26.8 Å². The van der Waals surface area contributed by atoms with Crippen molar-refractivity contribution in [2.24, 2.45) is 0 Å². The Kier molecular flexibility index (Phi) is 8.72. The van der Waals surface area contributed by atoms with E-state index in [9.17, 15) is 27.9 Å². The minimum atomic E-state index is -4.63. The summed E-state index contributed by atoms with van der Waals surface area (Å²) < 4.78 is 52.4. The van der Waals surface area contributed by atoms with Crippen LogP contribution in [0.15, 0.2) is 66.7 Å². The van der Waals surface area contributed by atoms with Crippen LogP contribution in [-0.4, -0.2) is 38.7 Å². The predicted octanol–water partition coefficient (Wildman–Crippen LogP) is 4.29. The van der Waals surface area contributed by atoms with Gasteiger partial charge in [-0.15, -0.1) is 0 Å². The fraction of sp³-hybridized carbons (Fsp3) is 0.333. The van der Waals surface area contributed by atoms with E-state index in [2.05, 4.69) is 17.4 Å². The van der Waals surface area contributed by atoms with Gasteiger partial charge in [-0.3, -0.25) is 0 Å². The molecule has 0 spiro atoms. The third kappa shape index (κ3) is 7.04. The SMILES string of the molecule is COC(=O)c1cc(CC(=O)[O-])cc(-c2cc(COCC3(c4ccccc4)CCNCC3)cc(C(F)(F)F)c2)c1. The number of esters is 1. The molecule has 3 aromatic rings. The monoisotopic (exact) mass is 540 g/mol. The number of hydrogen-bond donors (Lipinski definition) is 1. The van der Waals surface area contributed by atoms with Gasteiger partial charge in [0, 0.05) is 17.8 Å². The van der Waals surface area contributed by atoms with E-state index in [0.29, 0.717) is 12.2 Å². The number of carboxylic acids is 1. The van der Waals surface area contributed by atoms with Crippen molar-refractivity contribution in [3.8, 4) is 11.1 Å². The van der Waals surface area contributed by atoms with Crippen molar-refractivity contribution >= 4 is 11.9 Å². The lowest BCUT2D eigenvalue weighted by Gasteiger charge is -2.38. The third-order valence-corrected chi connectivity index (χ3v) is 7.01. The zero-order chi connectivity index (χ0) is 28.0. The van der Waals surface area contributed by atoms with Crippen LogP contribution >= 0.6 is 0 Å². The van der Waals surface area contributed by atoms with E-state index < -0.39 is 30.1 Å². The number of carboxylic acid groups (broad SMARTS) is 1. The molecule has 0 saturated carbocycles. The van der Waals surface area contributed by atoms with Gasteiger partial charge in [-0.2, -0.15) is 13.2 Å². The van der Waals surface area contributed by atoms with Gasteiger partial charge in [0.15, 0.2) is 0 Å². The summed E-state index contributed by atoms with van der Waals surface area (Å²) in [6, 6.07) is 17.7. The second-order valence-corrected chi connectivity index (χ2v) is 9.76. The van der Waals surface area contributed by atoms with Crippen LogP contribution in [0.4, 0.5) is 13.2 Å². The van der Waals surface area contributed by atoms with Gasteiger partial charge in [-0.25, -0.2) is 4.79 Å². The zero-order valence-electron chi connectivity index (χ0n) is 21.5. The highest BCUT2D eigenvalue weighted by atomic mass is 19.4. The molecule has 6 nitrogen and oxygen atoms in total. The minimum absolute atomic E-state index is 0.0252. The molecule has 4 rings (SSSR count). The number of alkyl halides is 3. The second kappa shape index (κ2) is 12.0.